The molecule has 0 bridgehead atoms. The summed E-state index contributed by atoms with van der Waals surface area (Å²) >= 11 is 0. The first-order valence-electron chi connectivity index (χ1n) is 10.6. The summed E-state index contributed by atoms with van der Waals surface area (Å²) in [5, 5.41) is 22.2. The number of carbonyl (C=O) groups is 1. The zero-order chi connectivity index (χ0) is 23.6. The predicted molar refractivity (Wildman–Crippen MR) is 132 cm³/mol. The third-order valence-electron chi connectivity index (χ3n) is 4.77. The highest BCUT2D eigenvalue weighted by Gasteiger charge is 2.04. The molecule has 34 heavy (non-hydrogen) atoms. The van der Waals surface area contributed by atoms with Gasteiger partial charge in [0.2, 0.25) is 0 Å². The summed E-state index contributed by atoms with van der Waals surface area (Å²) in [6.07, 6.45) is 1.34. The second-order valence-electron chi connectivity index (χ2n) is 7.25. The molecule has 0 saturated carbocycles. The summed E-state index contributed by atoms with van der Waals surface area (Å²) < 4.78 is 5.52. The van der Waals surface area contributed by atoms with Crippen molar-refractivity contribution in [3.05, 3.63) is 109 Å². The van der Waals surface area contributed by atoms with E-state index >= 15 is 0 Å². The number of hydrazone groups is 1. The van der Waals surface area contributed by atoms with Crippen molar-refractivity contribution in [2.45, 2.75) is 0 Å². The summed E-state index contributed by atoms with van der Waals surface area (Å²) in [6, 6.07) is 31.5. The second-order valence-corrected chi connectivity index (χ2v) is 7.25. The molecule has 0 aliphatic carbocycles. The Kier molecular flexibility index (Phi) is 7.38. The lowest BCUT2D eigenvalue weighted by atomic mass is 10.1. The van der Waals surface area contributed by atoms with Crippen LogP contribution in [0.25, 0.3) is 11.1 Å². The van der Waals surface area contributed by atoms with Crippen LogP contribution in [0.1, 0.15) is 5.56 Å². The van der Waals surface area contributed by atoms with Crippen molar-refractivity contribution in [1.82, 2.24) is 5.43 Å². The van der Waals surface area contributed by atoms with Gasteiger partial charge in [-0.2, -0.15) is 15.3 Å². The van der Waals surface area contributed by atoms with Crippen LogP contribution in [0, 0.1) is 0 Å². The Hall–Kier alpha value is -4.78. The Morgan fingerprint density at radius 3 is 2.18 bits per heavy atom. The van der Waals surface area contributed by atoms with Gasteiger partial charge in [-0.3, -0.25) is 4.79 Å². The predicted octanol–water partition coefficient (Wildman–Crippen LogP) is 6.00. The topological polar surface area (TPSA) is 95.6 Å². The number of phenols is 1. The summed E-state index contributed by atoms with van der Waals surface area (Å²) in [5.74, 6) is 0.155. The van der Waals surface area contributed by atoms with E-state index in [1.807, 2.05) is 84.9 Å². The monoisotopic (exact) mass is 450 g/mol. The molecule has 0 heterocycles. The van der Waals surface area contributed by atoms with Crippen LogP contribution < -0.4 is 10.2 Å². The quantitative estimate of drug-likeness (QED) is 0.196. The van der Waals surface area contributed by atoms with E-state index < -0.39 is 5.91 Å². The highest BCUT2D eigenvalue weighted by Crippen LogP contribution is 2.24. The van der Waals surface area contributed by atoms with Crippen molar-refractivity contribution in [3.8, 4) is 22.6 Å². The van der Waals surface area contributed by atoms with Gasteiger partial charge in [0.15, 0.2) is 6.61 Å². The maximum atomic E-state index is 12.1. The third kappa shape index (κ3) is 6.37. The van der Waals surface area contributed by atoms with Crippen molar-refractivity contribution in [3.63, 3.8) is 0 Å². The number of ether oxygens (including phenoxy) is 1. The molecule has 168 valence electrons. The average molecular weight is 450 g/mol. The second kappa shape index (κ2) is 11.2. The number of azo groups is 1. The average Bonchev–Trinajstić information content (AvgIpc) is 2.89. The van der Waals surface area contributed by atoms with Crippen LogP contribution in [0.3, 0.4) is 0 Å². The number of phenolic OH excluding ortho intramolecular Hbond substituents is 1. The van der Waals surface area contributed by atoms with Gasteiger partial charge in [0.05, 0.1) is 17.6 Å². The summed E-state index contributed by atoms with van der Waals surface area (Å²) in [5.41, 5.74) is 6.20. The zero-order valence-electron chi connectivity index (χ0n) is 18.2. The summed E-state index contributed by atoms with van der Waals surface area (Å²) in [4.78, 5) is 12.1. The fourth-order valence-electron chi connectivity index (χ4n) is 3.05. The van der Waals surface area contributed by atoms with Crippen LogP contribution in [-0.2, 0) is 4.79 Å². The van der Waals surface area contributed by atoms with Gasteiger partial charge in [0.25, 0.3) is 5.91 Å². The van der Waals surface area contributed by atoms with Gasteiger partial charge < -0.3 is 9.84 Å². The van der Waals surface area contributed by atoms with Gasteiger partial charge in [-0.1, -0.05) is 60.7 Å². The van der Waals surface area contributed by atoms with Crippen molar-refractivity contribution < 1.29 is 14.6 Å². The van der Waals surface area contributed by atoms with Gasteiger partial charge in [0.1, 0.15) is 11.5 Å². The maximum absolute atomic E-state index is 12.1. The van der Waals surface area contributed by atoms with Crippen molar-refractivity contribution in [1.29, 1.82) is 0 Å². The van der Waals surface area contributed by atoms with E-state index in [2.05, 4.69) is 20.8 Å². The molecule has 0 fully saturated rings. The van der Waals surface area contributed by atoms with E-state index in [0.29, 0.717) is 22.7 Å². The third-order valence-corrected chi connectivity index (χ3v) is 4.77. The van der Waals surface area contributed by atoms with Gasteiger partial charge in [-0.25, -0.2) is 5.43 Å². The van der Waals surface area contributed by atoms with Crippen LogP contribution in [0.4, 0.5) is 11.4 Å². The van der Waals surface area contributed by atoms with Gasteiger partial charge in [-0.05, 0) is 53.6 Å². The number of amides is 1. The highest BCUT2D eigenvalue weighted by atomic mass is 16.5. The Labute approximate surface area is 197 Å². The molecule has 0 spiro atoms. The molecule has 4 aromatic carbocycles. The first-order valence-corrected chi connectivity index (χ1v) is 10.6. The van der Waals surface area contributed by atoms with Crippen LogP contribution in [0.15, 0.2) is 118 Å². The standard InChI is InChI=1S/C27H22N4O3/c32-26-16-13-24(30-29-23-9-5-2-6-10-23)17-22(26)18-28-31-27(33)19-34-25-14-11-21(12-15-25)20-7-3-1-4-8-20/h1-18,32H,19H2,(H,31,33). The van der Waals surface area contributed by atoms with Gasteiger partial charge in [0, 0.05) is 5.56 Å². The SMILES string of the molecule is O=C(COc1ccc(-c2ccccc2)cc1)NN=Cc1cc(N=Nc2ccccc2)ccc1O. The smallest absolute Gasteiger partial charge is 0.277 e. The van der Waals surface area contributed by atoms with E-state index in [0.717, 1.165) is 11.1 Å². The normalized spacial score (nSPS) is 11.1. The fraction of sp³-hybridized carbons (Fsp3) is 0.0370. The Balaban J connectivity index is 1.29. The number of carbonyl (C=O) groups excluding carboxylic acids is 1. The van der Waals surface area contributed by atoms with Crippen molar-refractivity contribution >= 4 is 23.5 Å². The lowest BCUT2D eigenvalue weighted by Gasteiger charge is -2.07. The minimum atomic E-state index is -0.428. The molecular weight excluding hydrogens is 428 g/mol. The number of benzene rings is 4. The molecular formula is C27H22N4O3. The van der Waals surface area contributed by atoms with E-state index in [4.69, 9.17) is 4.74 Å². The lowest BCUT2D eigenvalue weighted by Crippen LogP contribution is -2.24. The van der Waals surface area contributed by atoms with E-state index in [-0.39, 0.29) is 12.4 Å². The van der Waals surface area contributed by atoms with Crippen LogP contribution in [0.5, 0.6) is 11.5 Å². The van der Waals surface area contributed by atoms with E-state index in [1.54, 1.807) is 12.1 Å². The Bertz CT molecular complexity index is 1290. The minimum absolute atomic E-state index is 0.00594. The minimum Gasteiger partial charge on any atom is -0.507 e. The Morgan fingerprint density at radius 2 is 1.44 bits per heavy atom. The number of nitrogens with one attached hydrogen (secondary N) is 1. The van der Waals surface area contributed by atoms with E-state index in [9.17, 15) is 9.90 Å². The van der Waals surface area contributed by atoms with Crippen molar-refractivity contribution in [2.24, 2.45) is 15.3 Å². The molecule has 1 amide bonds. The summed E-state index contributed by atoms with van der Waals surface area (Å²) in [6.45, 7) is -0.195. The Morgan fingerprint density at radius 1 is 0.794 bits per heavy atom. The molecule has 0 radical (unpaired) electrons. The van der Waals surface area contributed by atoms with Gasteiger partial charge in [-0.15, -0.1) is 0 Å². The number of hydrogen-bond acceptors (Lipinski definition) is 6. The molecule has 0 aliphatic rings. The van der Waals surface area contributed by atoms with Crippen LogP contribution in [-0.4, -0.2) is 23.8 Å². The molecule has 4 aromatic rings. The van der Waals surface area contributed by atoms with Gasteiger partial charge >= 0.3 is 0 Å². The number of hydrogen-bond donors (Lipinski definition) is 2. The molecule has 0 aliphatic heterocycles. The van der Waals surface area contributed by atoms with Crippen LogP contribution >= 0.6 is 0 Å². The first-order chi connectivity index (χ1) is 16.7. The molecule has 7 nitrogen and oxygen atoms in total. The maximum Gasteiger partial charge on any atom is 0.277 e. The van der Waals surface area contributed by atoms with Crippen molar-refractivity contribution in [2.75, 3.05) is 6.61 Å². The number of nitrogens with zero attached hydrogens (tertiary/aromatic N) is 3. The number of rotatable bonds is 8. The molecule has 4 rings (SSSR count). The first kappa shape index (κ1) is 22.4. The summed E-state index contributed by atoms with van der Waals surface area (Å²) in [7, 11) is 0. The molecule has 0 aromatic heterocycles. The molecule has 2 N–H and O–H groups in total. The number of aromatic hydroxyl groups is 1. The highest BCUT2D eigenvalue weighted by molar-refractivity contribution is 5.86. The van der Waals surface area contributed by atoms with Crippen LogP contribution in [0.2, 0.25) is 0 Å². The zero-order valence-corrected chi connectivity index (χ0v) is 18.2. The largest absolute Gasteiger partial charge is 0.507 e. The molecule has 0 atom stereocenters. The molecule has 0 saturated heterocycles. The fourth-order valence-corrected chi connectivity index (χ4v) is 3.05. The molecule has 7 heteroatoms. The lowest BCUT2D eigenvalue weighted by molar-refractivity contribution is -0.123. The van der Waals surface area contributed by atoms with E-state index in [1.165, 1.54) is 12.3 Å². The molecule has 0 unspecified atom stereocenters.